The normalized spacial score (nSPS) is 14.0. The maximum Gasteiger partial charge on any atom is 0.356 e. The second-order valence-corrected chi connectivity index (χ2v) is 14.8. The van der Waals surface area contributed by atoms with Crippen molar-refractivity contribution < 1.29 is 27.8 Å². The molecule has 0 aliphatic heterocycles. The van der Waals surface area contributed by atoms with Crippen molar-refractivity contribution >= 4 is 23.3 Å². The molecule has 6 nitrogen and oxygen atoms in total. The molecule has 1 heterocycles. The summed E-state index contributed by atoms with van der Waals surface area (Å²) in [4.78, 5) is 19.9. The SMILES string of the molecule is C=C(OC)c1ccc(CCN(CCc2cc(C)ccc2OCc2ccc(-c3ccc(C(C)(F)F)cc3)cc2Cl)C2CCCc3nc(C(=O)OCC)ccc32)cc1. The quantitative estimate of drug-likeness (QED) is 0.0734. The number of aryl methyl sites for hydroxylation is 2. The number of halogens is 3. The molecule has 0 bridgehead atoms. The van der Waals surface area contributed by atoms with Crippen molar-refractivity contribution in [3.8, 4) is 16.9 Å². The summed E-state index contributed by atoms with van der Waals surface area (Å²) in [5.41, 5.74) is 9.34. The Balaban J connectivity index is 1.20. The van der Waals surface area contributed by atoms with Crippen LogP contribution < -0.4 is 4.74 Å². The molecule has 5 aromatic rings. The first-order valence-corrected chi connectivity index (χ1v) is 19.5. The monoisotopic (exact) mass is 778 g/mol. The number of nitrogens with zero attached hydrogens (tertiary/aromatic N) is 2. The fourth-order valence-electron chi connectivity index (χ4n) is 7.27. The molecule has 0 spiro atoms. The minimum atomic E-state index is -2.89. The van der Waals surface area contributed by atoms with E-state index in [1.807, 2.05) is 36.4 Å². The van der Waals surface area contributed by atoms with E-state index in [2.05, 4.69) is 48.7 Å². The van der Waals surface area contributed by atoms with E-state index < -0.39 is 11.9 Å². The molecule has 1 atom stereocenters. The summed E-state index contributed by atoms with van der Waals surface area (Å²) >= 11 is 6.76. The Kier molecular flexibility index (Phi) is 13.2. The van der Waals surface area contributed by atoms with Crippen LogP contribution in [0.2, 0.25) is 5.02 Å². The number of esters is 1. The average molecular weight is 779 g/mol. The van der Waals surface area contributed by atoms with Crippen molar-refractivity contribution in [3.05, 3.63) is 159 Å². The van der Waals surface area contributed by atoms with Gasteiger partial charge in [-0.2, -0.15) is 0 Å². The van der Waals surface area contributed by atoms with Gasteiger partial charge in [0, 0.05) is 53.5 Å². The molecule has 0 saturated carbocycles. The largest absolute Gasteiger partial charge is 0.497 e. The summed E-state index contributed by atoms with van der Waals surface area (Å²) in [6.07, 6.45) is 4.38. The number of ether oxygens (including phenoxy) is 3. The predicted molar refractivity (Wildman–Crippen MR) is 219 cm³/mol. The summed E-state index contributed by atoms with van der Waals surface area (Å²) in [6.45, 7) is 10.9. The molecule has 9 heteroatoms. The molecule has 1 aliphatic rings. The van der Waals surface area contributed by atoms with Crippen LogP contribution in [0.25, 0.3) is 16.9 Å². The number of carbonyl (C=O) groups is 1. The number of benzene rings is 4. The molecule has 0 amide bonds. The molecular formula is C47H49ClF2N2O4. The molecule has 0 saturated heterocycles. The van der Waals surface area contributed by atoms with Gasteiger partial charge in [0.1, 0.15) is 23.8 Å². The number of rotatable bonds is 16. The molecule has 4 aromatic carbocycles. The number of carbonyl (C=O) groups excluding carboxylic acids is 1. The van der Waals surface area contributed by atoms with Crippen molar-refractivity contribution in [1.29, 1.82) is 0 Å². The average Bonchev–Trinajstić information content (AvgIpc) is 3.20. The van der Waals surface area contributed by atoms with Gasteiger partial charge in [-0.15, -0.1) is 0 Å². The summed E-state index contributed by atoms with van der Waals surface area (Å²) in [5, 5.41) is 0.544. The minimum absolute atomic E-state index is 0.0282. The van der Waals surface area contributed by atoms with Crippen LogP contribution >= 0.6 is 11.6 Å². The Hall–Kier alpha value is -5.05. The molecule has 1 aliphatic carbocycles. The fourth-order valence-corrected chi connectivity index (χ4v) is 7.50. The van der Waals surface area contributed by atoms with Crippen LogP contribution in [0.1, 0.15) is 87.9 Å². The van der Waals surface area contributed by atoms with Crippen LogP contribution in [-0.4, -0.2) is 42.7 Å². The molecule has 0 fully saturated rings. The molecular weight excluding hydrogens is 730 g/mol. The number of methoxy groups -OCH3 is 1. The van der Waals surface area contributed by atoms with E-state index >= 15 is 0 Å². The van der Waals surface area contributed by atoms with Gasteiger partial charge in [-0.25, -0.2) is 18.6 Å². The first kappa shape index (κ1) is 40.6. The van der Waals surface area contributed by atoms with Crippen LogP contribution in [0.15, 0.2) is 104 Å². The van der Waals surface area contributed by atoms with E-state index in [9.17, 15) is 13.6 Å². The van der Waals surface area contributed by atoms with Gasteiger partial charge in [0.05, 0.1) is 13.7 Å². The maximum absolute atomic E-state index is 13.7. The highest BCUT2D eigenvalue weighted by molar-refractivity contribution is 6.31. The highest BCUT2D eigenvalue weighted by Crippen LogP contribution is 2.36. The number of pyridine rings is 1. The standard InChI is InChI=1S/C47H49ClF2N2O4/c1-6-55-46(53)43-22-21-40-42(51-43)8-7-9-44(40)52(26-24-33-11-13-34(14-12-33)32(3)54-5)27-25-37-28-31(2)10-23-45(37)56-30-38-16-15-36(29-41(38)48)35-17-19-39(20-18-35)47(4,49)50/h10-23,28-29,44H,3,6-9,24-27,30H2,1-2,4-5H3. The smallest absolute Gasteiger partial charge is 0.356 e. The van der Waals surface area contributed by atoms with Crippen molar-refractivity contribution in [2.24, 2.45) is 0 Å². The topological polar surface area (TPSA) is 60.9 Å². The predicted octanol–water partition coefficient (Wildman–Crippen LogP) is 11.4. The second-order valence-electron chi connectivity index (χ2n) is 14.4. The maximum atomic E-state index is 13.7. The minimum Gasteiger partial charge on any atom is -0.497 e. The van der Waals surface area contributed by atoms with Gasteiger partial charge < -0.3 is 14.2 Å². The third-order valence-corrected chi connectivity index (χ3v) is 10.8. The molecule has 0 N–H and O–H groups in total. The molecule has 0 radical (unpaired) electrons. The van der Waals surface area contributed by atoms with Crippen LogP contribution in [0.5, 0.6) is 5.75 Å². The van der Waals surface area contributed by atoms with E-state index in [1.165, 1.54) is 17.7 Å². The zero-order valence-electron chi connectivity index (χ0n) is 32.5. The molecule has 56 heavy (non-hydrogen) atoms. The van der Waals surface area contributed by atoms with E-state index in [0.717, 1.165) is 103 Å². The lowest BCUT2D eigenvalue weighted by atomic mass is 9.89. The van der Waals surface area contributed by atoms with Gasteiger partial charge in [0.15, 0.2) is 0 Å². The van der Waals surface area contributed by atoms with E-state index in [-0.39, 0.29) is 18.2 Å². The Morgan fingerprint density at radius 2 is 1.66 bits per heavy atom. The number of hydrogen-bond donors (Lipinski definition) is 0. The van der Waals surface area contributed by atoms with Crippen molar-refractivity contribution in [3.63, 3.8) is 0 Å². The Labute approximate surface area is 334 Å². The summed E-state index contributed by atoms with van der Waals surface area (Å²) in [6, 6.07) is 30.6. The van der Waals surface area contributed by atoms with Crippen LogP contribution in [-0.2, 0) is 41.3 Å². The first-order valence-electron chi connectivity index (χ1n) is 19.2. The lowest BCUT2D eigenvalue weighted by Gasteiger charge is -2.36. The van der Waals surface area contributed by atoms with Gasteiger partial charge in [0.25, 0.3) is 5.92 Å². The highest BCUT2D eigenvalue weighted by Gasteiger charge is 2.28. The Morgan fingerprint density at radius 3 is 2.36 bits per heavy atom. The van der Waals surface area contributed by atoms with E-state index in [0.29, 0.717) is 23.1 Å². The Morgan fingerprint density at radius 1 is 0.929 bits per heavy atom. The summed E-state index contributed by atoms with van der Waals surface area (Å²) in [5.74, 6) is -1.86. The number of fused-ring (bicyclic) bond motifs is 1. The number of alkyl halides is 2. The van der Waals surface area contributed by atoms with E-state index in [1.54, 1.807) is 32.2 Å². The lowest BCUT2D eigenvalue weighted by molar-refractivity contribution is 0.0174. The first-order chi connectivity index (χ1) is 26.9. The van der Waals surface area contributed by atoms with Crippen LogP contribution in [0, 0.1) is 6.92 Å². The molecule has 1 aromatic heterocycles. The summed E-state index contributed by atoms with van der Waals surface area (Å²) < 4.78 is 44.5. The molecule has 6 rings (SSSR count). The van der Waals surface area contributed by atoms with Gasteiger partial charge >= 0.3 is 5.97 Å². The van der Waals surface area contributed by atoms with Crippen molar-refractivity contribution in [2.45, 2.75) is 71.4 Å². The zero-order valence-corrected chi connectivity index (χ0v) is 33.3. The molecule has 292 valence electrons. The van der Waals surface area contributed by atoms with Gasteiger partial charge in [-0.3, -0.25) is 4.90 Å². The van der Waals surface area contributed by atoms with E-state index in [4.69, 9.17) is 30.8 Å². The van der Waals surface area contributed by atoms with Crippen LogP contribution in [0.4, 0.5) is 8.78 Å². The van der Waals surface area contributed by atoms with Crippen LogP contribution in [0.3, 0.4) is 0 Å². The second kappa shape index (κ2) is 18.3. The van der Waals surface area contributed by atoms with Crippen molar-refractivity contribution in [1.82, 2.24) is 9.88 Å². The van der Waals surface area contributed by atoms with Crippen molar-refractivity contribution in [2.75, 3.05) is 26.8 Å². The lowest BCUT2D eigenvalue weighted by Crippen LogP contribution is -2.35. The third-order valence-electron chi connectivity index (χ3n) is 10.4. The Bertz CT molecular complexity index is 2150. The van der Waals surface area contributed by atoms with Gasteiger partial charge in [-0.1, -0.05) is 103 Å². The fraction of sp³-hybridized carbons (Fsp3) is 0.319. The third kappa shape index (κ3) is 10.0. The molecule has 1 unspecified atom stereocenters. The highest BCUT2D eigenvalue weighted by atomic mass is 35.5. The van der Waals surface area contributed by atoms with Gasteiger partial charge in [-0.05, 0) is 92.0 Å². The summed E-state index contributed by atoms with van der Waals surface area (Å²) in [7, 11) is 1.63. The number of aromatic nitrogens is 1. The zero-order chi connectivity index (χ0) is 39.8. The number of hydrogen-bond acceptors (Lipinski definition) is 6. The van der Waals surface area contributed by atoms with Gasteiger partial charge in [0.2, 0.25) is 0 Å².